The maximum atomic E-state index is 13.3. The second-order valence-corrected chi connectivity index (χ2v) is 7.73. The van der Waals surface area contributed by atoms with Gasteiger partial charge in [0.15, 0.2) is 0 Å². The third kappa shape index (κ3) is 4.70. The van der Waals surface area contributed by atoms with Gasteiger partial charge in [-0.3, -0.25) is 9.78 Å². The van der Waals surface area contributed by atoms with Gasteiger partial charge in [-0.2, -0.15) is 0 Å². The zero-order valence-corrected chi connectivity index (χ0v) is 16.6. The number of hydrogen-bond donors (Lipinski definition) is 0. The van der Waals surface area contributed by atoms with Crippen LogP contribution in [0.25, 0.3) is 0 Å². The zero-order chi connectivity index (χ0) is 20.2. The third-order valence-electron chi connectivity index (χ3n) is 5.62. The van der Waals surface area contributed by atoms with Crippen molar-refractivity contribution in [3.63, 3.8) is 0 Å². The van der Waals surface area contributed by atoms with E-state index in [4.69, 9.17) is 0 Å². The Morgan fingerprint density at radius 3 is 2.34 bits per heavy atom. The summed E-state index contributed by atoms with van der Waals surface area (Å²) in [5.74, 6) is 0.0581. The number of aromatic nitrogens is 1. The van der Waals surface area contributed by atoms with E-state index in [0.29, 0.717) is 13.1 Å². The molecule has 0 saturated heterocycles. The molecule has 0 bridgehead atoms. The van der Waals surface area contributed by atoms with Crippen LogP contribution in [0.3, 0.4) is 0 Å². The molecule has 29 heavy (non-hydrogen) atoms. The normalized spacial score (nSPS) is 17.7. The van der Waals surface area contributed by atoms with Gasteiger partial charge in [0.2, 0.25) is 5.91 Å². The molecule has 1 amide bonds. The molecule has 0 aliphatic heterocycles. The van der Waals surface area contributed by atoms with E-state index < -0.39 is 0 Å². The Kier molecular flexibility index (Phi) is 5.70. The standard InChI is InChI=1S/C25H25FN2O/c1-2-18-5-7-19(8-6-18)16-28(17-20-4-3-13-27-15-20)25(29)24-14-23(24)21-9-11-22(26)12-10-21/h3-13,15,23-24H,2,14,16-17H2,1H3. The van der Waals surface area contributed by atoms with Crippen LogP contribution in [0.1, 0.15) is 41.5 Å². The summed E-state index contributed by atoms with van der Waals surface area (Å²) in [4.78, 5) is 19.4. The molecule has 2 aromatic carbocycles. The van der Waals surface area contributed by atoms with Gasteiger partial charge >= 0.3 is 0 Å². The van der Waals surface area contributed by atoms with Crippen molar-refractivity contribution in [2.24, 2.45) is 5.92 Å². The van der Waals surface area contributed by atoms with Crippen molar-refractivity contribution in [2.75, 3.05) is 0 Å². The van der Waals surface area contributed by atoms with Gasteiger partial charge in [-0.05, 0) is 59.2 Å². The maximum Gasteiger partial charge on any atom is 0.226 e. The zero-order valence-electron chi connectivity index (χ0n) is 16.6. The van der Waals surface area contributed by atoms with Crippen LogP contribution in [-0.2, 0) is 24.3 Å². The number of carbonyl (C=O) groups excluding carboxylic acids is 1. The monoisotopic (exact) mass is 388 g/mol. The van der Waals surface area contributed by atoms with E-state index >= 15 is 0 Å². The Morgan fingerprint density at radius 1 is 1.00 bits per heavy atom. The first kappa shape index (κ1) is 19.3. The predicted octanol–water partition coefficient (Wildman–Crippen LogP) is 5.12. The summed E-state index contributed by atoms with van der Waals surface area (Å²) in [6.07, 6.45) is 5.37. The smallest absolute Gasteiger partial charge is 0.226 e. The molecule has 1 aliphatic rings. The Hall–Kier alpha value is -3.01. The first-order valence-electron chi connectivity index (χ1n) is 10.1. The molecule has 1 fully saturated rings. The largest absolute Gasteiger partial charge is 0.334 e. The minimum atomic E-state index is -0.244. The highest BCUT2D eigenvalue weighted by molar-refractivity contribution is 5.83. The lowest BCUT2D eigenvalue weighted by molar-refractivity contribution is -0.134. The summed E-state index contributed by atoms with van der Waals surface area (Å²) >= 11 is 0. The lowest BCUT2D eigenvalue weighted by Gasteiger charge is -2.23. The summed E-state index contributed by atoms with van der Waals surface area (Å²) in [6, 6.07) is 18.9. The molecule has 0 radical (unpaired) electrons. The van der Waals surface area contributed by atoms with Gasteiger partial charge < -0.3 is 4.90 Å². The fourth-order valence-electron chi connectivity index (χ4n) is 3.81. The van der Waals surface area contributed by atoms with E-state index in [-0.39, 0.29) is 23.6 Å². The molecule has 1 aliphatic carbocycles. The van der Waals surface area contributed by atoms with Gasteiger partial charge in [-0.15, -0.1) is 0 Å². The van der Waals surface area contributed by atoms with Crippen molar-refractivity contribution in [1.82, 2.24) is 9.88 Å². The highest BCUT2D eigenvalue weighted by Crippen LogP contribution is 2.48. The molecular weight excluding hydrogens is 363 g/mol. The van der Waals surface area contributed by atoms with Crippen molar-refractivity contribution in [3.05, 3.63) is 101 Å². The van der Waals surface area contributed by atoms with E-state index in [9.17, 15) is 9.18 Å². The van der Waals surface area contributed by atoms with Gasteiger partial charge in [0.25, 0.3) is 0 Å². The fraction of sp³-hybridized carbons (Fsp3) is 0.280. The van der Waals surface area contributed by atoms with Crippen LogP contribution in [0.4, 0.5) is 4.39 Å². The molecule has 148 valence electrons. The van der Waals surface area contributed by atoms with Crippen LogP contribution in [0, 0.1) is 11.7 Å². The molecule has 1 heterocycles. The second-order valence-electron chi connectivity index (χ2n) is 7.73. The summed E-state index contributed by atoms with van der Waals surface area (Å²) in [7, 11) is 0. The van der Waals surface area contributed by atoms with Crippen LogP contribution in [0.5, 0.6) is 0 Å². The van der Waals surface area contributed by atoms with Crippen LogP contribution >= 0.6 is 0 Å². The summed E-state index contributed by atoms with van der Waals surface area (Å²) in [5, 5.41) is 0. The molecule has 2 atom stereocenters. The molecule has 1 aromatic heterocycles. The fourth-order valence-corrected chi connectivity index (χ4v) is 3.81. The minimum absolute atomic E-state index is 0.0351. The maximum absolute atomic E-state index is 13.3. The van der Waals surface area contributed by atoms with E-state index in [1.54, 1.807) is 18.3 Å². The number of nitrogens with zero attached hydrogens (tertiary/aromatic N) is 2. The van der Waals surface area contributed by atoms with Crippen LogP contribution < -0.4 is 0 Å². The Labute approximate surface area is 171 Å². The minimum Gasteiger partial charge on any atom is -0.334 e. The molecule has 4 rings (SSSR count). The number of benzene rings is 2. The Bertz CT molecular complexity index is 954. The number of pyridine rings is 1. The number of rotatable bonds is 7. The second kappa shape index (κ2) is 8.56. The molecule has 0 N–H and O–H groups in total. The predicted molar refractivity (Wildman–Crippen MR) is 112 cm³/mol. The number of carbonyl (C=O) groups is 1. The lowest BCUT2D eigenvalue weighted by atomic mass is 10.1. The summed E-state index contributed by atoms with van der Waals surface area (Å²) < 4.78 is 13.2. The summed E-state index contributed by atoms with van der Waals surface area (Å²) in [6.45, 7) is 3.25. The molecular formula is C25H25FN2O. The van der Waals surface area contributed by atoms with Gasteiger partial charge in [-0.1, -0.05) is 49.4 Å². The van der Waals surface area contributed by atoms with E-state index in [0.717, 1.165) is 29.5 Å². The van der Waals surface area contributed by atoms with Gasteiger partial charge in [0.05, 0.1) is 0 Å². The molecule has 1 saturated carbocycles. The van der Waals surface area contributed by atoms with Crippen LogP contribution in [0.15, 0.2) is 73.1 Å². The molecule has 4 heteroatoms. The average Bonchev–Trinajstić information content (AvgIpc) is 3.55. The molecule has 2 unspecified atom stereocenters. The quantitative estimate of drug-likeness (QED) is 0.563. The number of amides is 1. The summed E-state index contributed by atoms with van der Waals surface area (Å²) in [5.41, 5.74) is 4.47. The van der Waals surface area contributed by atoms with Gasteiger partial charge in [-0.25, -0.2) is 4.39 Å². The number of aryl methyl sites for hydroxylation is 1. The molecule has 3 aromatic rings. The first-order valence-corrected chi connectivity index (χ1v) is 10.1. The molecule has 0 spiro atoms. The van der Waals surface area contributed by atoms with Gasteiger partial charge in [0, 0.05) is 31.4 Å². The van der Waals surface area contributed by atoms with Crippen molar-refractivity contribution in [3.8, 4) is 0 Å². The van der Waals surface area contributed by atoms with E-state index in [1.807, 2.05) is 23.2 Å². The van der Waals surface area contributed by atoms with Gasteiger partial charge in [0.1, 0.15) is 5.82 Å². The Morgan fingerprint density at radius 2 is 1.69 bits per heavy atom. The number of halogens is 1. The van der Waals surface area contributed by atoms with Crippen molar-refractivity contribution in [1.29, 1.82) is 0 Å². The van der Waals surface area contributed by atoms with Crippen molar-refractivity contribution in [2.45, 2.75) is 38.8 Å². The third-order valence-corrected chi connectivity index (χ3v) is 5.62. The molecule has 3 nitrogen and oxygen atoms in total. The highest BCUT2D eigenvalue weighted by Gasteiger charge is 2.45. The topological polar surface area (TPSA) is 33.2 Å². The van der Waals surface area contributed by atoms with Crippen LogP contribution in [-0.4, -0.2) is 15.8 Å². The van der Waals surface area contributed by atoms with E-state index in [2.05, 4.69) is 36.2 Å². The Balaban J connectivity index is 1.51. The lowest BCUT2D eigenvalue weighted by Crippen LogP contribution is -2.31. The first-order chi connectivity index (χ1) is 14.1. The SMILES string of the molecule is CCc1ccc(CN(Cc2cccnc2)C(=O)C2CC2c2ccc(F)cc2)cc1. The van der Waals surface area contributed by atoms with E-state index in [1.165, 1.54) is 17.7 Å². The average molecular weight is 388 g/mol. The highest BCUT2D eigenvalue weighted by atomic mass is 19.1. The van der Waals surface area contributed by atoms with Crippen molar-refractivity contribution < 1.29 is 9.18 Å². The van der Waals surface area contributed by atoms with Crippen molar-refractivity contribution >= 4 is 5.91 Å². The van der Waals surface area contributed by atoms with Crippen LogP contribution in [0.2, 0.25) is 0 Å². The number of hydrogen-bond acceptors (Lipinski definition) is 2.